The van der Waals surface area contributed by atoms with Crippen LogP contribution in [0.2, 0.25) is 0 Å². The Hall–Kier alpha value is -1.95. The van der Waals surface area contributed by atoms with Crippen molar-refractivity contribution in [1.29, 1.82) is 5.26 Å². The van der Waals surface area contributed by atoms with E-state index in [1.54, 1.807) is 19.4 Å². The topological polar surface area (TPSA) is 48.8 Å². The third kappa shape index (κ3) is 1.04. The van der Waals surface area contributed by atoms with E-state index < -0.39 is 0 Å². The molecule has 0 unspecified atom stereocenters. The van der Waals surface area contributed by atoms with Crippen molar-refractivity contribution in [1.82, 2.24) is 4.98 Å². The number of hydrogen-bond acceptors (Lipinski definition) is 2. The Morgan fingerprint density at radius 1 is 1.46 bits per heavy atom. The molecule has 1 N–H and O–H groups in total. The van der Waals surface area contributed by atoms with Gasteiger partial charge in [-0.1, -0.05) is 6.07 Å². The molecule has 0 aliphatic heterocycles. The molecule has 0 fully saturated rings. The van der Waals surface area contributed by atoms with Crippen LogP contribution in [0.3, 0.4) is 0 Å². The highest BCUT2D eigenvalue weighted by atomic mass is 16.5. The summed E-state index contributed by atoms with van der Waals surface area (Å²) in [7, 11) is 1.61. The van der Waals surface area contributed by atoms with Gasteiger partial charge < -0.3 is 9.72 Å². The number of fused-ring (bicyclic) bond motifs is 1. The molecule has 0 aliphatic carbocycles. The van der Waals surface area contributed by atoms with Gasteiger partial charge in [-0.3, -0.25) is 0 Å². The second kappa shape index (κ2) is 2.83. The Morgan fingerprint density at radius 3 is 3.00 bits per heavy atom. The van der Waals surface area contributed by atoms with Gasteiger partial charge in [-0.25, -0.2) is 0 Å². The molecule has 64 valence electrons. The van der Waals surface area contributed by atoms with Gasteiger partial charge in [-0.05, 0) is 12.1 Å². The molecule has 0 radical (unpaired) electrons. The first kappa shape index (κ1) is 7.69. The standard InChI is InChI=1S/C10H8N2O/c1-13-9-6-12-10-7(5-11)3-2-4-8(9)10/h2-4,6,12H,1H3. The van der Waals surface area contributed by atoms with E-state index in [9.17, 15) is 0 Å². The number of nitrogens with one attached hydrogen (secondary N) is 1. The zero-order valence-corrected chi connectivity index (χ0v) is 7.16. The maximum Gasteiger partial charge on any atom is 0.144 e. The highest BCUT2D eigenvalue weighted by Gasteiger charge is 2.05. The summed E-state index contributed by atoms with van der Waals surface area (Å²) in [5.74, 6) is 0.770. The van der Waals surface area contributed by atoms with E-state index in [4.69, 9.17) is 10.00 Å². The highest BCUT2D eigenvalue weighted by molar-refractivity contribution is 5.90. The van der Waals surface area contributed by atoms with Crippen LogP contribution in [0.15, 0.2) is 24.4 Å². The van der Waals surface area contributed by atoms with Gasteiger partial charge in [-0.2, -0.15) is 5.26 Å². The van der Waals surface area contributed by atoms with Crippen LogP contribution in [-0.4, -0.2) is 12.1 Å². The minimum absolute atomic E-state index is 0.640. The third-order valence-electron chi connectivity index (χ3n) is 2.02. The highest BCUT2D eigenvalue weighted by Crippen LogP contribution is 2.26. The number of H-pyrrole nitrogens is 1. The number of ether oxygens (including phenoxy) is 1. The maximum atomic E-state index is 8.81. The molecule has 1 heterocycles. The van der Waals surface area contributed by atoms with Gasteiger partial charge in [0.2, 0.25) is 0 Å². The van der Waals surface area contributed by atoms with Crippen molar-refractivity contribution in [2.75, 3.05) is 7.11 Å². The summed E-state index contributed by atoms with van der Waals surface area (Å²) in [6.45, 7) is 0. The molecule has 1 aromatic heterocycles. The molecule has 0 amide bonds. The molecule has 13 heavy (non-hydrogen) atoms. The minimum Gasteiger partial charge on any atom is -0.495 e. The van der Waals surface area contributed by atoms with Crippen LogP contribution >= 0.6 is 0 Å². The lowest BCUT2D eigenvalue weighted by Gasteiger charge is -1.95. The Bertz CT molecular complexity index is 479. The Kier molecular flexibility index (Phi) is 1.67. The van der Waals surface area contributed by atoms with E-state index in [1.807, 2.05) is 12.1 Å². The molecule has 0 spiro atoms. The number of hydrogen-bond donors (Lipinski definition) is 1. The fourth-order valence-corrected chi connectivity index (χ4v) is 1.39. The first-order chi connectivity index (χ1) is 6.36. The number of nitrogens with zero attached hydrogens (tertiary/aromatic N) is 1. The van der Waals surface area contributed by atoms with Crippen LogP contribution in [0.5, 0.6) is 5.75 Å². The average molecular weight is 172 g/mol. The Balaban J connectivity index is 2.81. The Labute approximate surface area is 75.6 Å². The largest absolute Gasteiger partial charge is 0.495 e. The second-order valence-electron chi connectivity index (χ2n) is 2.70. The molecule has 0 aliphatic rings. The van der Waals surface area contributed by atoms with Crippen LogP contribution in [0.25, 0.3) is 10.9 Å². The molecule has 1 aromatic carbocycles. The van der Waals surface area contributed by atoms with Crippen LogP contribution in [0.1, 0.15) is 5.56 Å². The van der Waals surface area contributed by atoms with Crippen LogP contribution < -0.4 is 4.74 Å². The lowest BCUT2D eigenvalue weighted by atomic mass is 10.1. The summed E-state index contributed by atoms with van der Waals surface area (Å²) in [5, 5.41) is 9.75. The maximum absolute atomic E-state index is 8.81. The minimum atomic E-state index is 0.640. The third-order valence-corrected chi connectivity index (χ3v) is 2.02. The lowest BCUT2D eigenvalue weighted by Crippen LogP contribution is -1.80. The molecule has 0 bridgehead atoms. The van der Waals surface area contributed by atoms with Crippen molar-refractivity contribution in [2.45, 2.75) is 0 Å². The first-order valence-corrected chi connectivity index (χ1v) is 3.91. The van der Waals surface area contributed by atoms with Crippen molar-refractivity contribution >= 4 is 10.9 Å². The van der Waals surface area contributed by atoms with Gasteiger partial charge in [0, 0.05) is 11.6 Å². The monoisotopic (exact) mass is 172 g/mol. The Morgan fingerprint density at radius 2 is 2.31 bits per heavy atom. The fraction of sp³-hybridized carbons (Fsp3) is 0.100. The molecule has 3 nitrogen and oxygen atoms in total. The van der Waals surface area contributed by atoms with E-state index in [2.05, 4.69) is 11.1 Å². The van der Waals surface area contributed by atoms with E-state index in [1.165, 1.54) is 0 Å². The number of aromatic amines is 1. The molecular weight excluding hydrogens is 164 g/mol. The molecule has 2 rings (SSSR count). The van der Waals surface area contributed by atoms with Gasteiger partial charge in [0.05, 0.1) is 18.2 Å². The molecule has 3 heteroatoms. The molecular formula is C10H8N2O. The number of aromatic nitrogens is 1. The fourth-order valence-electron chi connectivity index (χ4n) is 1.39. The van der Waals surface area contributed by atoms with Gasteiger partial charge in [0.1, 0.15) is 11.8 Å². The van der Waals surface area contributed by atoms with Gasteiger partial charge in [0.25, 0.3) is 0 Å². The van der Waals surface area contributed by atoms with Crippen molar-refractivity contribution in [3.05, 3.63) is 30.0 Å². The number of benzene rings is 1. The van der Waals surface area contributed by atoms with Crippen molar-refractivity contribution < 1.29 is 4.74 Å². The summed E-state index contributed by atoms with van der Waals surface area (Å²) < 4.78 is 5.13. The van der Waals surface area contributed by atoms with Gasteiger partial charge >= 0.3 is 0 Å². The lowest BCUT2D eigenvalue weighted by molar-refractivity contribution is 0.419. The summed E-state index contributed by atoms with van der Waals surface area (Å²) in [5.41, 5.74) is 1.47. The quantitative estimate of drug-likeness (QED) is 0.715. The van der Waals surface area contributed by atoms with Crippen molar-refractivity contribution in [2.24, 2.45) is 0 Å². The zero-order chi connectivity index (χ0) is 9.26. The summed E-state index contributed by atoms with van der Waals surface area (Å²) in [6.07, 6.45) is 1.76. The van der Waals surface area contributed by atoms with Crippen LogP contribution in [-0.2, 0) is 0 Å². The molecule has 0 saturated heterocycles. The summed E-state index contributed by atoms with van der Waals surface area (Å²) >= 11 is 0. The average Bonchev–Trinajstić information content (AvgIpc) is 2.60. The molecule has 2 aromatic rings. The van der Waals surface area contributed by atoms with E-state index in [-0.39, 0.29) is 0 Å². The number of para-hydroxylation sites is 1. The predicted octanol–water partition coefficient (Wildman–Crippen LogP) is 2.05. The number of rotatable bonds is 1. The summed E-state index contributed by atoms with van der Waals surface area (Å²) in [4.78, 5) is 3.01. The first-order valence-electron chi connectivity index (χ1n) is 3.91. The van der Waals surface area contributed by atoms with Crippen LogP contribution in [0.4, 0.5) is 0 Å². The normalized spacial score (nSPS) is 9.85. The SMILES string of the molecule is COc1c[nH]c2c(C#N)cccc12. The number of methoxy groups -OCH3 is 1. The smallest absolute Gasteiger partial charge is 0.144 e. The van der Waals surface area contributed by atoms with E-state index in [0.29, 0.717) is 5.56 Å². The molecule has 0 atom stereocenters. The zero-order valence-electron chi connectivity index (χ0n) is 7.16. The van der Waals surface area contributed by atoms with E-state index >= 15 is 0 Å². The van der Waals surface area contributed by atoms with E-state index in [0.717, 1.165) is 16.7 Å². The summed E-state index contributed by atoms with van der Waals surface area (Å²) in [6, 6.07) is 7.66. The molecule has 0 saturated carbocycles. The van der Waals surface area contributed by atoms with Crippen molar-refractivity contribution in [3.63, 3.8) is 0 Å². The predicted molar refractivity (Wildman–Crippen MR) is 49.6 cm³/mol. The number of nitriles is 1. The van der Waals surface area contributed by atoms with Gasteiger partial charge in [0.15, 0.2) is 0 Å². The second-order valence-corrected chi connectivity index (χ2v) is 2.70. The van der Waals surface area contributed by atoms with Crippen LogP contribution in [0, 0.1) is 11.3 Å². The van der Waals surface area contributed by atoms with Gasteiger partial charge in [-0.15, -0.1) is 0 Å². The van der Waals surface area contributed by atoms with Crippen molar-refractivity contribution in [3.8, 4) is 11.8 Å².